The summed E-state index contributed by atoms with van der Waals surface area (Å²) in [5, 5.41) is 3.97. The molecule has 1 fully saturated rings. The third-order valence-corrected chi connectivity index (χ3v) is 6.30. The molecular formula is C25H30Cl2N2O3. The number of hydrogen-bond donors (Lipinski definition) is 1. The molecule has 2 amide bonds. The van der Waals surface area contributed by atoms with Gasteiger partial charge in [-0.2, -0.15) is 0 Å². The number of carbonyl (C=O) groups is 2. The zero-order valence-corrected chi connectivity index (χ0v) is 20.1. The third kappa shape index (κ3) is 6.63. The molecule has 0 spiro atoms. The van der Waals surface area contributed by atoms with Gasteiger partial charge in [-0.25, -0.2) is 0 Å². The number of hydrogen-bond acceptors (Lipinski definition) is 3. The normalized spacial score (nSPS) is 14.8. The summed E-state index contributed by atoms with van der Waals surface area (Å²) < 4.78 is 5.69. The predicted octanol–water partition coefficient (Wildman–Crippen LogP) is 5.55. The summed E-state index contributed by atoms with van der Waals surface area (Å²) in [6, 6.07) is 12.4. The van der Waals surface area contributed by atoms with Crippen molar-refractivity contribution in [2.75, 3.05) is 6.61 Å². The van der Waals surface area contributed by atoms with Crippen molar-refractivity contribution in [3.63, 3.8) is 0 Å². The second kappa shape index (κ2) is 11.6. The van der Waals surface area contributed by atoms with E-state index in [1.54, 1.807) is 23.1 Å². The van der Waals surface area contributed by atoms with Crippen molar-refractivity contribution in [1.29, 1.82) is 0 Å². The van der Waals surface area contributed by atoms with Crippen molar-refractivity contribution in [3.8, 4) is 5.75 Å². The van der Waals surface area contributed by atoms with Crippen LogP contribution in [0.25, 0.3) is 0 Å². The van der Waals surface area contributed by atoms with Crippen LogP contribution in [0.2, 0.25) is 10.0 Å². The second-order valence-electron chi connectivity index (χ2n) is 8.29. The van der Waals surface area contributed by atoms with Gasteiger partial charge in [0.2, 0.25) is 5.91 Å². The molecule has 0 radical (unpaired) electrons. The van der Waals surface area contributed by atoms with Gasteiger partial charge in [-0.05, 0) is 49.9 Å². The maximum absolute atomic E-state index is 13.3. The maximum atomic E-state index is 13.3. The molecule has 0 heterocycles. The van der Waals surface area contributed by atoms with Gasteiger partial charge in [-0.15, -0.1) is 0 Å². The second-order valence-corrected chi connectivity index (χ2v) is 9.13. The van der Waals surface area contributed by atoms with Crippen molar-refractivity contribution in [2.45, 2.75) is 64.6 Å². The minimum atomic E-state index is -0.576. The van der Waals surface area contributed by atoms with Crippen LogP contribution in [0.5, 0.6) is 5.75 Å². The zero-order valence-electron chi connectivity index (χ0n) is 18.6. The van der Waals surface area contributed by atoms with Crippen LogP contribution in [0, 0.1) is 6.92 Å². The summed E-state index contributed by atoms with van der Waals surface area (Å²) in [7, 11) is 0. The van der Waals surface area contributed by atoms with E-state index in [4.69, 9.17) is 27.9 Å². The molecule has 1 N–H and O–H groups in total. The molecule has 3 rings (SSSR count). The van der Waals surface area contributed by atoms with E-state index >= 15 is 0 Å². The number of rotatable bonds is 9. The number of amides is 2. The number of aryl methyl sites for hydroxylation is 1. The molecule has 0 aliphatic heterocycles. The lowest BCUT2D eigenvalue weighted by molar-refractivity contribution is -0.143. The van der Waals surface area contributed by atoms with Gasteiger partial charge in [-0.1, -0.05) is 72.8 Å². The standard InChI is InChI=1S/C25H30Cl2N2O3/c1-3-22(25(31)28-20-9-4-5-10-20)29(15-18-8-6-7-17(2)13-18)24(30)16-32-23-12-11-19(26)14-21(23)27/h6-8,11-14,20,22H,3-5,9-10,15-16H2,1-2H3,(H,28,31)/t22-/m0/s1. The fourth-order valence-corrected chi connectivity index (χ4v) is 4.57. The van der Waals surface area contributed by atoms with Crippen LogP contribution in [0.1, 0.15) is 50.2 Å². The Morgan fingerprint density at radius 1 is 1.16 bits per heavy atom. The van der Waals surface area contributed by atoms with E-state index in [0.29, 0.717) is 28.8 Å². The van der Waals surface area contributed by atoms with Crippen LogP contribution < -0.4 is 10.1 Å². The van der Waals surface area contributed by atoms with E-state index in [1.165, 1.54) is 0 Å². The Bertz CT molecular complexity index is 945. The highest BCUT2D eigenvalue weighted by Crippen LogP contribution is 2.27. The largest absolute Gasteiger partial charge is 0.482 e. The van der Waals surface area contributed by atoms with Crippen molar-refractivity contribution < 1.29 is 14.3 Å². The molecule has 2 aromatic rings. The minimum Gasteiger partial charge on any atom is -0.482 e. The Labute approximate surface area is 200 Å². The summed E-state index contributed by atoms with van der Waals surface area (Å²) in [4.78, 5) is 28.0. The van der Waals surface area contributed by atoms with E-state index in [1.807, 2.05) is 38.1 Å². The average molecular weight is 477 g/mol. The maximum Gasteiger partial charge on any atom is 0.261 e. The van der Waals surface area contributed by atoms with E-state index in [-0.39, 0.29) is 24.5 Å². The number of nitrogens with one attached hydrogen (secondary N) is 1. The lowest BCUT2D eigenvalue weighted by Crippen LogP contribution is -2.52. The number of carbonyl (C=O) groups excluding carboxylic acids is 2. The lowest BCUT2D eigenvalue weighted by atomic mass is 10.1. The van der Waals surface area contributed by atoms with Crippen LogP contribution in [0.4, 0.5) is 0 Å². The Morgan fingerprint density at radius 2 is 1.91 bits per heavy atom. The summed E-state index contributed by atoms with van der Waals surface area (Å²) in [5.41, 5.74) is 2.07. The molecule has 5 nitrogen and oxygen atoms in total. The van der Waals surface area contributed by atoms with E-state index < -0.39 is 6.04 Å². The summed E-state index contributed by atoms with van der Waals surface area (Å²) in [6.07, 6.45) is 4.75. The first-order valence-corrected chi connectivity index (χ1v) is 11.9. The van der Waals surface area contributed by atoms with Crippen LogP contribution in [-0.2, 0) is 16.1 Å². The lowest BCUT2D eigenvalue weighted by Gasteiger charge is -2.31. The highest BCUT2D eigenvalue weighted by Gasteiger charge is 2.31. The van der Waals surface area contributed by atoms with E-state index in [0.717, 1.165) is 36.8 Å². The average Bonchev–Trinajstić information content (AvgIpc) is 3.26. The third-order valence-electron chi connectivity index (χ3n) is 5.77. The molecule has 32 heavy (non-hydrogen) atoms. The Hall–Kier alpha value is -2.24. The molecular weight excluding hydrogens is 447 g/mol. The molecule has 2 aromatic carbocycles. The summed E-state index contributed by atoms with van der Waals surface area (Å²) in [6.45, 7) is 4.03. The smallest absolute Gasteiger partial charge is 0.261 e. The zero-order chi connectivity index (χ0) is 23.1. The molecule has 0 saturated heterocycles. The molecule has 0 unspecified atom stereocenters. The fourth-order valence-electron chi connectivity index (χ4n) is 4.11. The summed E-state index contributed by atoms with van der Waals surface area (Å²) in [5.74, 6) is -0.000694. The van der Waals surface area contributed by atoms with Gasteiger partial charge in [0, 0.05) is 17.6 Å². The quantitative estimate of drug-likeness (QED) is 0.516. The Morgan fingerprint density at radius 3 is 2.56 bits per heavy atom. The minimum absolute atomic E-state index is 0.107. The highest BCUT2D eigenvalue weighted by atomic mass is 35.5. The molecule has 1 atom stereocenters. The van der Waals surface area contributed by atoms with Gasteiger partial charge in [-0.3, -0.25) is 9.59 Å². The molecule has 0 bridgehead atoms. The molecule has 1 aliphatic carbocycles. The molecule has 1 saturated carbocycles. The van der Waals surface area contributed by atoms with Gasteiger partial charge in [0.05, 0.1) is 5.02 Å². The topological polar surface area (TPSA) is 58.6 Å². The van der Waals surface area contributed by atoms with Gasteiger partial charge < -0.3 is 15.0 Å². The van der Waals surface area contributed by atoms with Crippen molar-refractivity contribution >= 4 is 35.0 Å². The number of benzene rings is 2. The van der Waals surface area contributed by atoms with Crippen LogP contribution in [0.3, 0.4) is 0 Å². The fraction of sp³-hybridized carbons (Fsp3) is 0.440. The first-order chi connectivity index (χ1) is 15.4. The van der Waals surface area contributed by atoms with Crippen molar-refractivity contribution in [1.82, 2.24) is 10.2 Å². The molecule has 7 heteroatoms. The highest BCUT2D eigenvalue weighted by molar-refractivity contribution is 6.35. The van der Waals surface area contributed by atoms with Gasteiger partial charge >= 0.3 is 0 Å². The molecule has 0 aromatic heterocycles. The van der Waals surface area contributed by atoms with Crippen LogP contribution in [0.15, 0.2) is 42.5 Å². The molecule has 172 valence electrons. The SMILES string of the molecule is CC[C@@H](C(=O)NC1CCCC1)N(Cc1cccc(C)c1)C(=O)COc1ccc(Cl)cc1Cl. The Balaban J connectivity index is 1.77. The summed E-state index contributed by atoms with van der Waals surface area (Å²) >= 11 is 12.1. The first-order valence-electron chi connectivity index (χ1n) is 11.1. The first kappa shape index (κ1) is 24.4. The van der Waals surface area contributed by atoms with E-state index in [9.17, 15) is 9.59 Å². The van der Waals surface area contributed by atoms with Crippen LogP contribution >= 0.6 is 23.2 Å². The Kier molecular flexibility index (Phi) is 8.83. The van der Waals surface area contributed by atoms with Crippen molar-refractivity contribution in [3.05, 3.63) is 63.6 Å². The predicted molar refractivity (Wildman–Crippen MR) is 128 cm³/mol. The van der Waals surface area contributed by atoms with Gasteiger partial charge in [0.1, 0.15) is 11.8 Å². The van der Waals surface area contributed by atoms with Crippen LogP contribution in [-0.4, -0.2) is 35.4 Å². The monoisotopic (exact) mass is 476 g/mol. The van der Waals surface area contributed by atoms with Gasteiger partial charge in [0.25, 0.3) is 5.91 Å². The van der Waals surface area contributed by atoms with Crippen molar-refractivity contribution in [2.24, 2.45) is 0 Å². The number of nitrogens with zero attached hydrogens (tertiary/aromatic N) is 1. The number of halogens is 2. The molecule has 1 aliphatic rings. The number of ether oxygens (including phenoxy) is 1. The van der Waals surface area contributed by atoms with Gasteiger partial charge in [0.15, 0.2) is 6.61 Å². The van der Waals surface area contributed by atoms with E-state index in [2.05, 4.69) is 5.32 Å².